The van der Waals surface area contributed by atoms with Crippen molar-refractivity contribution < 1.29 is 9.90 Å². The standard InChI is InChI=1S/C12H16ClN3O2/c13-11-3-1-2-10(14-11)12(18)16-6-4-15(5-7-16)8-9-17/h1-3,17H,4-9H2. The molecule has 0 aromatic carbocycles. The van der Waals surface area contributed by atoms with Gasteiger partial charge in [-0.05, 0) is 12.1 Å². The van der Waals surface area contributed by atoms with Crippen LogP contribution in [0.4, 0.5) is 0 Å². The minimum Gasteiger partial charge on any atom is -0.395 e. The molecule has 0 unspecified atom stereocenters. The Bertz CT molecular complexity index is 420. The molecule has 0 aliphatic carbocycles. The van der Waals surface area contributed by atoms with Gasteiger partial charge in [0.1, 0.15) is 10.8 Å². The van der Waals surface area contributed by atoms with Gasteiger partial charge in [0.15, 0.2) is 0 Å². The number of halogens is 1. The molecule has 0 atom stereocenters. The Kier molecular flexibility index (Phi) is 4.52. The SMILES string of the molecule is O=C(c1cccc(Cl)n1)N1CCN(CCO)CC1. The average Bonchev–Trinajstić information content (AvgIpc) is 2.39. The van der Waals surface area contributed by atoms with Crippen LogP contribution in [-0.2, 0) is 0 Å². The highest BCUT2D eigenvalue weighted by atomic mass is 35.5. The van der Waals surface area contributed by atoms with E-state index < -0.39 is 0 Å². The third-order valence-electron chi connectivity index (χ3n) is 3.01. The zero-order valence-corrected chi connectivity index (χ0v) is 10.8. The Morgan fingerprint density at radius 2 is 2.06 bits per heavy atom. The van der Waals surface area contributed by atoms with E-state index in [9.17, 15) is 4.79 Å². The Morgan fingerprint density at radius 3 is 2.67 bits per heavy atom. The number of pyridine rings is 1. The number of amides is 1. The van der Waals surface area contributed by atoms with E-state index in [2.05, 4.69) is 9.88 Å². The molecule has 2 rings (SSSR count). The summed E-state index contributed by atoms with van der Waals surface area (Å²) in [6.45, 7) is 3.71. The van der Waals surface area contributed by atoms with E-state index in [4.69, 9.17) is 16.7 Å². The number of rotatable bonds is 3. The minimum absolute atomic E-state index is 0.0823. The normalized spacial score (nSPS) is 16.9. The molecule has 0 spiro atoms. The molecule has 1 aromatic rings. The summed E-state index contributed by atoms with van der Waals surface area (Å²) in [7, 11) is 0. The lowest BCUT2D eigenvalue weighted by Gasteiger charge is -2.34. The molecule has 0 saturated carbocycles. The summed E-state index contributed by atoms with van der Waals surface area (Å²) in [6.07, 6.45) is 0. The lowest BCUT2D eigenvalue weighted by molar-refractivity contribution is 0.0609. The van der Waals surface area contributed by atoms with Gasteiger partial charge in [-0.2, -0.15) is 0 Å². The molecule has 2 heterocycles. The van der Waals surface area contributed by atoms with Crippen molar-refractivity contribution in [2.24, 2.45) is 0 Å². The molecule has 6 heteroatoms. The number of piperazine rings is 1. The highest BCUT2D eigenvalue weighted by molar-refractivity contribution is 6.29. The van der Waals surface area contributed by atoms with Gasteiger partial charge in [-0.3, -0.25) is 9.69 Å². The third-order valence-corrected chi connectivity index (χ3v) is 3.22. The van der Waals surface area contributed by atoms with E-state index >= 15 is 0 Å². The Labute approximate surface area is 111 Å². The van der Waals surface area contributed by atoms with Gasteiger partial charge in [0.2, 0.25) is 0 Å². The number of aliphatic hydroxyl groups is 1. The van der Waals surface area contributed by atoms with Crippen LogP contribution in [0.25, 0.3) is 0 Å². The first-order valence-electron chi connectivity index (χ1n) is 5.96. The van der Waals surface area contributed by atoms with Crippen LogP contribution in [-0.4, -0.2) is 65.1 Å². The topological polar surface area (TPSA) is 56.7 Å². The molecule has 1 N–H and O–H groups in total. The monoisotopic (exact) mass is 269 g/mol. The van der Waals surface area contributed by atoms with Crippen LogP contribution in [0.1, 0.15) is 10.5 Å². The number of aliphatic hydroxyl groups excluding tert-OH is 1. The smallest absolute Gasteiger partial charge is 0.272 e. The van der Waals surface area contributed by atoms with Gasteiger partial charge in [-0.1, -0.05) is 17.7 Å². The third kappa shape index (κ3) is 3.19. The number of hydrogen-bond acceptors (Lipinski definition) is 4. The average molecular weight is 270 g/mol. The van der Waals surface area contributed by atoms with Crippen LogP contribution < -0.4 is 0 Å². The van der Waals surface area contributed by atoms with Crippen LogP contribution >= 0.6 is 11.6 Å². The van der Waals surface area contributed by atoms with E-state index in [1.807, 2.05) is 0 Å². The number of carbonyl (C=O) groups excluding carboxylic acids is 1. The first-order chi connectivity index (χ1) is 8.70. The lowest BCUT2D eigenvalue weighted by Crippen LogP contribution is -2.49. The number of β-amino-alcohol motifs (C(OH)–C–C–N with tert-alkyl or cyclic N) is 1. The summed E-state index contributed by atoms with van der Waals surface area (Å²) in [5.74, 6) is -0.0823. The van der Waals surface area contributed by atoms with Crippen molar-refractivity contribution in [3.8, 4) is 0 Å². The molecule has 98 valence electrons. The zero-order valence-electron chi connectivity index (χ0n) is 10.0. The van der Waals surface area contributed by atoms with Gasteiger partial charge < -0.3 is 10.0 Å². The van der Waals surface area contributed by atoms with E-state index in [1.165, 1.54) is 0 Å². The summed E-state index contributed by atoms with van der Waals surface area (Å²) in [5, 5.41) is 9.19. The predicted molar refractivity (Wildman–Crippen MR) is 68.7 cm³/mol. The van der Waals surface area contributed by atoms with Gasteiger partial charge in [0.25, 0.3) is 5.91 Å². The summed E-state index contributed by atoms with van der Waals surface area (Å²) >= 11 is 5.77. The fourth-order valence-corrected chi connectivity index (χ4v) is 2.17. The molecule has 1 fully saturated rings. The van der Waals surface area contributed by atoms with Crippen molar-refractivity contribution in [3.63, 3.8) is 0 Å². The maximum atomic E-state index is 12.2. The van der Waals surface area contributed by atoms with Crippen LogP contribution in [0.5, 0.6) is 0 Å². The molecule has 18 heavy (non-hydrogen) atoms. The van der Waals surface area contributed by atoms with Crippen molar-refractivity contribution in [2.75, 3.05) is 39.3 Å². The second kappa shape index (κ2) is 6.13. The Hall–Kier alpha value is -1.17. The first-order valence-corrected chi connectivity index (χ1v) is 6.33. The van der Waals surface area contributed by atoms with Crippen LogP contribution in [0, 0.1) is 0 Å². The lowest BCUT2D eigenvalue weighted by atomic mass is 10.2. The Balaban J connectivity index is 1.95. The molecule has 1 amide bonds. The van der Waals surface area contributed by atoms with Gasteiger partial charge in [-0.15, -0.1) is 0 Å². The van der Waals surface area contributed by atoms with E-state index in [1.54, 1.807) is 23.1 Å². The molecule has 5 nitrogen and oxygen atoms in total. The molecule has 0 bridgehead atoms. The highest BCUT2D eigenvalue weighted by Gasteiger charge is 2.22. The van der Waals surface area contributed by atoms with E-state index in [-0.39, 0.29) is 12.5 Å². The maximum absolute atomic E-state index is 12.2. The summed E-state index contributed by atoms with van der Waals surface area (Å²) in [6, 6.07) is 5.05. The van der Waals surface area contributed by atoms with Gasteiger partial charge >= 0.3 is 0 Å². The summed E-state index contributed by atoms with van der Waals surface area (Å²) < 4.78 is 0. The molecule has 1 aliphatic heterocycles. The van der Waals surface area contributed by atoms with Crippen LogP contribution in [0.2, 0.25) is 5.15 Å². The number of aromatic nitrogens is 1. The zero-order chi connectivity index (χ0) is 13.0. The second-order valence-corrected chi connectivity index (χ2v) is 4.59. The minimum atomic E-state index is -0.0823. The van der Waals surface area contributed by atoms with E-state index in [0.717, 1.165) is 13.1 Å². The van der Waals surface area contributed by atoms with Gasteiger partial charge in [0.05, 0.1) is 6.61 Å². The first kappa shape index (κ1) is 13.3. The maximum Gasteiger partial charge on any atom is 0.272 e. The predicted octanol–water partition coefficient (Wildman–Crippen LogP) is 0.485. The highest BCUT2D eigenvalue weighted by Crippen LogP contribution is 2.10. The molecular formula is C12H16ClN3O2. The number of carbonyl (C=O) groups is 1. The Morgan fingerprint density at radius 1 is 1.33 bits per heavy atom. The van der Waals surface area contributed by atoms with Crippen molar-refractivity contribution in [1.29, 1.82) is 0 Å². The van der Waals surface area contributed by atoms with Gasteiger partial charge in [-0.25, -0.2) is 4.98 Å². The molecule has 1 saturated heterocycles. The van der Waals surface area contributed by atoms with Crippen molar-refractivity contribution in [2.45, 2.75) is 0 Å². The number of nitrogens with zero attached hydrogens (tertiary/aromatic N) is 3. The van der Waals surface area contributed by atoms with Crippen molar-refractivity contribution in [1.82, 2.24) is 14.8 Å². The quantitative estimate of drug-likeness (QED) is 0.812. The van der Waals surface area contributed by atoms with Crippen LogP contribution in [0.15, 0.2) is 18.2 Å². The fourth-order valence-electron chi connectivity index (χ4n) is 2.01. The molecule has 1 aromatic heterocycles. The summed E-state index contributed by atoms with van der Waals surface area (Å²) in [5.41, 5.74) is 0.387. The van der Waals surface area contributed by atoms with Gasteiger partial charge in [0, 0.05) is 32.7 Å². The molecule has 1 aliphatic rings. The molecular weight excluding hydrogens is 254 g/mol. The van der Waals surface area contributed by atoms with Crippen molar-refractivity contribution in [3.05, 3.63) is 29.0 Å². The van der Waals surface area contributed by atoms with Crippen LogP contribution in [0.3, 0.4) is 0 Å². The van der Waals surface area contributed by atoms with Crippen molar-refractivity contribution >= 4 is 17.5 Å². The largest absolute Gasteiger partial charge is 0.395 e. The fraction of sp³-hybridized carbons (Fsp3) is 0.500. The number of hydrogen-bond donors (Lipinski definition) is 1. The second-order valence-electron chi connectivity index (χ2n) is 4.20. The summed E-state index contributed by atoms with van der Waals surface area (Å²) in [4.78, 5) is 20.1. The molecule has 0 radical (unpaired) electrons. The van der Waals surface area contributed by atoms with E-state index in [0.29, 0.717) is 30.5 Å².